The summed E-state index contributed by atoms with van der Waals surface area (Å²) in [6.45, 7) is 1.83. The first-order chi connectivity index (χ1) is 5.97. The van der Waals surface area contributed by atoms with Crippen molar-refractivity contribution in [2.45, 2.75) is 11.8 Å². The molecule has 1 rings (SSSR count). The molecule has 1 aromatic rings. The van der Waals surface area contributed by atoms with Crippen LogP contribution in [0.25, 0.3) is 4.72 Å². The van der Waals surface area contributed by atoms with Crippen LogP contribution >= 0.6 is 15.9 Å². The Morgan fingerprint density at radius 1 is 1.33 bits per heavy atom. The van der Waals surface area contributed by atoms with E-state index in [0.29, 0.717) is 0 Å². The van der Waals surface area contributed by atoms with E-state index in [4.69, 9.17) is 0 Å². The molecule has 0 aliphatic rings. The zero-order chi connectivity index (χ0) is 10.1. The second-order valence-corrected chi connectivity index (χ2v) is 5.21. The van der Waals surface area contributed by atoms with E-state index in [2.05, 4.69) is 20.7 Å². The van der Waals surface area contributed by atoms with E-state index < -0.39 is 10.0 Å². The molecule has 0 fully saturated rings. The summed E-state index contributed by atoms with van der Waals surface area (Å²) in [7, 11) is -2.16. The molecule has 0 saturated carbocycles. The Bertz CT molecular complexity index is 420. The fourth-order valence-corrected chi connectivity index (χ4v) is 1.91. The predicted molar refractivity (Wildman–Crippen MR) is 61.8 cm³/mol. The van der Waals surface area contributed by atoms with Crippen molar-refractivity contribution in [2.75, 3.05) is 7.05 Å². The van der Waals surface area contributed by atoms with Gasteiger partial charge in [-0.15, -0.1) is 0 Å². The first kappa shape index (κ1) is 18.1. The number of halogens is 1. The molecular formula is C9H12BrNO2SY-2. The summed E-state index contributed by atoms with van der Waals surface area (Å²) in [5.41, 5.74) is 0.879. The normalized spacial score (nSPS) is 10.1. The molecule has 0 aromatic heterocycles. The molecule has 0 N–H and O–H groups in total. The van der Waals surface area contributed by atoms with Crippen LogP contribution in [0.5, 0.6) is 0 Å². The van der Waals surface area contributed by atoms with Crippen LogP contribution in [0.3, 0.4) is 0 Å². The van der Waals surface area contributed by atoms with Crippen LogP contribution in [-0.2, 0) is 42.7 Å². The minimum atomic E-state index is -3.43. The summed E-state index contributed by atoms with van der Waals surface area (Å²) in [6.07, 6.45) is 0. The number of hydrogen-bond acceptors (Lipinski definition) is 2. The maximum absolute atomic E-state index is 11.3. The van der Waals surface area contributed by atoms with Gasteiger partial charge in [0.25, 0.3) is 0 Å². The summed E-state index contributed by atoms with van der Waals surface area (Å²) in [5.74, 6) is 0. The van der Waals surface area contributed by atoms with E-state index in [9.17, 15) is 8.42 Å². The molecule has 6 heteroatoms. The molecule has 0 aliphatic heterocycles. The Labute approximate surface area is 125 Å². The van der Waals surface area contributed by atoms with Crippen molar-refractivity contribution in [1.29, 1.82) is 0 Å². The van der Waals surface area contributed by atoms with Gasteiger partial charge in [-0.3, -0.25) is 0 Å². The average Bonchev–Trinajstić information content (AvgIpc) is 2.09. The second kappa shape index (κ2) is 7.12. The summed E-state index contributed by atoms with van der Waals surface area (Å²) in [6, 6.07) is 4.82. The number of rotatable bonds is 2. The van der Waals surface area contributed by atoms with Gasteiger partial charge in [-0.1, -0.05) is 15.9 Å². The molecule has 0 aliphatic carbocycles. The summed E-state index contributed by atoms with van der Waals surface area (Å²) >= 11 is 3.29. The first-order valence-electron chi connectivity index (χ1n) is 3.59. The van der Waals surface area contributed by atoms with Gasteiger partial charge >= 0.3 is 0 Å². The van der Waals surface area contributed by atoms with Crippen LogP contribution in [-0.4, -0.2) is 15.5 Å². The molecule has 0 bridgehead atoms. The second-order valence-electron chi connectivity index (χ2n) is 2.57. The molecule has 1 aromatic carbocycles. The van der Waals surface area contributed by atoms with Crippen molar-refractivity contribution in [1.82, 2.24) is 0 Å². The van der Waals surface area contributed by atoms with E-state index in [1.54, 1.807) is 12.1 Å². The van der Waals surface area contributed by atoms with Crippen molar-refractivity contribution in [3.05, 3.63) is 40.4 Å². The number of sulfonamides is 1. The van der Waals surface area contributed by atoms with Crippen LogP contribution < -0.4 is 0 Å². The summed E-state index contributed by atoms with van der Waals surface area (Å²) in [4.78, 5) is 0.232. The van der Waals surface area contributed by atoms with E-state index in [0.717, 1.165) is 10.0 Å². The van der Waals surface area contributed by atoms with Crippen molar-refractivity contribution >= 4 is 26.0 Å². The van der Waals surface area contributed by atoms with Gasteiger partial charge < -0.3 is 12.1 Å². The van der Waals surface area contributed by atoms with Gasteiger partial charge in [-0.25, -0.2) is 8.42 Å². The Balaban J connectivity index is 0. The van der Waals surface area contributed by atoms with Crippen molar-refractivity contribution < 1.29 is 41.1 Å². The predicted octanol–water partition coefficient (Wildman–Crippen LogP) is 2.90. The average molecular weight is 367 g/mol. The van der Waals surface area contributed by atoms with E-state index in [1.165, 1.54) is 13.1 Å². The van der Waals surface area contributed by atoms with Crippen LogP contribution in [0.15, 0.2) is 27.6 Å². The Morgan fingerprint density at radius 2 is 1.87 bits per heavy atom. The van der Waals surface area contributed by atoms with Crippen molar-refractivity contribution in [2.24, 2.45) is 0 Å². The van der Waals surface area contributed by atoms with Crippen LogP contribution in [0.1, 0.15) is 5.56 Å². The van der Waals surface area contributed by atoms with Gasteiger partial charge in [0.15, 0.2) is 0 Å². The van der Waals surface area contributed by atoms with E-state index in [-0.39, 0.29) is 45.0 Å². The van der Waals surface area contributed by atoms with Gasteiger partial charge in [0, 0.05) is 42.1 Å². The zero-order valence-electron chi connectivity index (χ0n) is 8.86. The van der Waals surface area contributed by atoms with Gasteiger partial charge in [-0.2, -0.15) is 7.05 Å². The monoisotopic (exact) mass is 366 g/mol. The van der Waals surface area contributed by atoms with Gasteiger partial charge in [0.1, 0.15) is 10.0 Å². The SMILES string of the molecule is C[N-]S(=O)(=O)c1ccc(Br)c(C)c1.[CH3-].[Y]. The van der Waals surface area contributed by atoms with Gasteiger partial charge in [0.2, 0.25) is 0 Å². The van der Waals surface area contributed by atoms with Crippen LogP contribution in [0.4, 0.5) is 0 Å². The topological polar surface area (TPSA) is 48.2 Å². The number of aryl methyl sites for hydroxylation is 1. The minimum absolute atomic E-state index is 0. The molecular weight excluding hydrogens is 355 g/mol. The Morgan fingerprint density at radius 3 is 2.27 bits per heavy atom. The van der Waals surface area contributed by atoms with Crippen molar-refractivity contribution in [3.8, 4) is 0 Å². The Kier molecular flexibility index (Phi) is 8.59. The number of nitrogens with zero attached hydrogens (tertiary/aromatic N) is 1. The minimum Gasteiger partial charge on any atom is -0.547 e. The standard InChI is InChI=1S/C8H9BrNO2S.CH3.Y/c1-6-5-7(3-4-8(6)9)13(11,12)10-2;;/h3-5H,1-2H3;1H3;/q2*-1;. The molecule has 0 heterocycles. The molecule has 1 radical (unpaired) electrons. The molecule has 3 nitrogen and oxygen atoms in total. The third kappa shape index (κ3) is 4.61. The molecule has 0 unspecified atom stereocenters. The van der Waals surface area contributed by atoms with Crippen LogP contribution in [0.2, 0.25) is 0 Å². The van der Waals surface area contributed by atoms with Gasteiger partial charge in [0.05, 0.1) is 0 Å². The first-order valence-corrected chi connectivity index (χ1v) is 5.83. The maximum atomic E-state index is 11.3. The van der Waals surface area contributed by atoms with E-state index >= 15 is 0 Å². The quantitative estimate of drug-likeness (QED) is 0.755. The number of hydrogen-bond donors (Lipinski definition) is 0. The maximum Gasteiger partial charge on any atom is 0.101 e. The third-order valence-corrected chi connectivity index (χ3v) is 3.89. The fraction of sp³-hybridized carbons (Fsp3) is 0.222. The zero-order valence-corrected chi connectivity index (χ0v) is 14.1. The fourth-order valence-electron chi connectivity index (χ4n) is 0.883. The Hall–Kier alpha value is 0.714. The molecule has 0 atom stereocenters. The largest absolute Gasteiger partial charge is 0.547 e. The summed E-state index contributed by atoms with van der Waals surface area (Å²) in [5, 5.41) is 0. The molecule has 0 spiro atoms. The van der Waals surface area contributed by atoms with E-state index in [1.807, 2.05) is 6.92 Å². The summed E-state index contributed by atoms with van der Waals surface area (Å²) < 4.78 is 26.8. The molecule has 0 saturated heterocycles. The third-order valence-electron chi connectivity index (χ3n) is 1.67. The van der Waals surface area contributed by atoms with Gasteiger partial charge in [-0.05, 0) is 30.7 Å². The smallest absolute Gasteiger partial charge is 0.101 e. The molecule has 83 valence electrons. The number of benzene rings is 1. The molecule has 15 heavy (non-hydrogen) atoms. The van der Waals surface area contributed by atoms with Crippen LogP contribution in [0, 0.1) is 14.4 Å². The molecule has 0 amide bonds. The van der Waals surface area contributed by atoms with Crippen molar-refractivity contribution in [3.63, 3.8) is 0 Å².